The van der Waals surface area contributed by atoms with Crippen LogP contribution in [0.25, 0.3) is 16.9 Å². The number of halogens is 2. The highest BCUT2D eigenvalue weighted by molar-refractivity contribution is 7.91. The van der Waals surface area contributed by atoms with E-state index in [2.05, 4.69) is 20.3 Å². The molecule has 0 atom stereocenters. The largest absolute Gasteiger partial charge is 0.497 e. The molecule has 0 unspecified atom stereocenters. The molecule has 0 aliphatic carbocycles. The third-order valence-corrected chi connectivity index (χ3v) is 7.50. The second-order valence-corrected chi connectivity index (χ2v) is 10.0. The van der Waals surface area contributed by atoms with Crippen LogP contribution in [-0.4, -0.2) is 83.2 Å². The minimum atomic E-state index is -4.93. The molecule has 0 spiro atoms. The van der Waals surface area contributed by atoms with E-state index >= 15 is 0 Å². The van der Waals surface area contributed by atoms with Crippen LogP contribution in [0.4, 0.5) is 14.6 Å². The van der Waals surface area contributed by atoms with Gasteiger partial charge in [-0.05, 0) is 36.4 Å². The zero-order valence-electron chi connectivity index (χ0n) is 19.5. The Bertz CT molecular complexity index is 1550. The second-order valence-electron chi connectivity index (χ2n) is 8.15. The number of benzene rings is 2. The van der Waals surface area contributed by atoms with Crippen molar-refractivity contribution in [2.45, 2.75) is 10.7 Å². The molecule has 2 aromatic carbocycles. The van der Waals surface area contributed by atoms with Crippen LogP contribution in [0.5, 0.6) is 5.75 Å². The van der Waals surface area contributed by atoms with Crippen molar-refractivity contribution in [1.29, 1.82) is 0 Å². The number of amides is 1. The number of ether oxygens (including phenoxy) is 1. The summed E-state index contributed by atoms with van der Waals surface area (Å²) in [6, 6.07) is 12.3. The molecule has 1 fully saturated rings. The highest BCUT2D eigenvalue weighted by atomic mass is 32.2. The number of alkyl halides is 2. The van der Waals surface area contributed by atoms with Gasteiger partial charge in [0.05, 0.1) is 23.3 Å². The Morgan fingerprint density at radius 1 is 1.00 bits per heavy atom. The molecule has 5 rings (SSSR count). The standard InChI is InChI=1S/C23H21F2N7O4S/c1-36-16-8-6-15(7-9-16)32-21-19(28-29-32)20(26-14-27-21)30-10-12-31(13-11-30)22(33)17-4-2-3-5-18(17)37(34,35)23(24)25/h2-9,14,23H,10-13H2,1H3. The molecule has 192 valence electrons. The van der Waals surface area contributed by atoms with Gasteiger partial charge in [0, 0.05) is 26.2 Å². The Labute approximate surface area is 210 Å². The molecule has 1 saturated heterocycles. The van der Waals surface area contributed by atoms with E-state index in [-0.39, 0.29) is 18.7 Å². The van der Waals surface area contributed by atoms with Crippen LogP contribution < -0.4 is 9.64 Å². The topological polar surface area (TPSA) is 123 Å². The van der Waals surface area contributed by atoms with E-state index in [0.717, 1.165) is 11.8 Å². The van der Waals surface area contributed by atoms with Crippen LogP contribution in [-0.2, 0) is 9.84 Å². The molecule has 14 heteroatoms. The summed E-state index contributed by atoms with van der Waals surface area (Å²) in [6.45, 7) is 1.16. The summed E-state index contributed by atoms with van der Waals surface area (Å²) < 4.78 is 57.2. The number of sulfone groups is 1. The zero-order valence-corrected chi connectivity index (χ0v) is 20.3. The predicted octanol–water partition coefficient (Wildman–Crippen LogP) is 2.18. The van der Waals surface area contributed by atoms with Crippen molar-refractivity contribution >= 4 is 32.7 Å². The van der Waals surface area contributed by atoms with Crippen molar-refractivity contribution in [1.82, 2.24) is 29.9 Å². The lowest BCUT2D eigenvalue weighted by Gasteiger charge is -2.35. The number of methoxy groups -OCH3 is 1. The second kappa shape index (κ2) is 9.69. The average Bonchev–Trinajstić information content (AvgIpc) is 3.37. The SMILES string of the molecule is COc1ccc(-n2nnc3c(N4CCN(C(=O)c5ccccc5S(=O)(=O)C(F)F)CC4)ncnc32)cc1. The Hall–Kier alpha value is -4.20. The molecule has 2 aromatic heterocycles. The van der Waals surface area contributed by atoms with Crippen LogP contribution >= 0.6 is 0 Å². The first-order valence-electron chi connectivity index (χ1n) is 11.2. The molecular weight excluding hydrogens is 508 g/mol. The smallest absolute Gasteiger partial charge is 0.341 e. The first-order valence-corrected chi connectivity index (χ1v) is 12.7. The van der Waals surface area contributed by atoms with E-state index in [1.807, 2.05) is 17.0 Å². The van der Waals surface area contributed by atoms with Crippen LogP contribution in [0.2, 0.25) is 0 Å². The summed E-state index contributed by atoms with van der Waals surface area (Å²) in [5, 5.41) is 8.49. The number of nitrogens with zero attached hydrogens (tertiary/aromatic N) is 7. The van der Waals surface area contributed by atoms with E-state index in [4.69, 9.17) is 4.74 Å². The van der Waals surface area contributed by atoms with Crippen molar-refractivity contribution < 1.29 is 26.7 Å². The molecule has 1 aliphatic rings. The third kappa shape index (κ3) is 4.43. The van der Waals surface area contributed by atoms with E-state index in [1.54, 1.807) is 23.9 Å². The van der Waals surface area contributed by atoms with E-state index in [1.165, 1.54) is 29.4 Å². The predicted molar refractivity (Wildman–Crippen MR) is 129 cm³/mol. The summed E-state index contributed by atoms with van der Waals surface area (Å²) in [7, 11) is -3.35. The van der Waals surface area contributed by atoms with Crippen molar-refractivity contribution in [2.75, 3.05) is 38.2 Å². The summed E-state index contributed by atoms with van der Waals surface area (Å²) >= 11 is 0. The van der Waals surface area contributed by atoms with E-state index < -0.39 is 26.4 Å². The first kappa shape index (κ1) is 24.5. The molecular formula is C23H21F2N7O4S. The molecule has 0 radical (unpaired) electrons. The summed E-state index contributed by atoms with van der Waals surface area (Å²) in [4.78, 5) is 24.5. The van der Waals surface area contributed by atoms with Gasteiger partial charge in [0.25, 0.3) is 5.91 Å². The van der Waals surface area contributed by atoms with Gasteiger partial charge >= 0.3 is 5.76 Å². The first-order chi connectivity index (χ1) is 17.8. The van der Waals surface area contributed by atoms with Crippen LogP contribution in [0.1, 0.15) is 10.4 Å². The quantitative estimate of drug-likeness (QED) is 0.370. The summed E-state index contributed by atoms with van der Waals surface area (Å²) in [5.41, 5.74) is 1.44. The van der Waals surface area contributed by atoms with Gasteiger partial charge in [-0.2, -0.15) is 13.5 Å². The number of aromatic nitrogens is 5. The van der Waals surface area contributed by atoms with Crippen molar-refractivity contribution in [3.8, 4) is 11.4 Å². The van der Waals surface area contributed by atoms with E-state index in [9.17, 15) is 22.0 Å². The number of anilines is 1. The van der Waals surface area contributed by atoms with Gasteiger partial charge in [0.2, 0.25) is 9.84 Å². The van der Waals surface area contributed by atoms with Crippen molar-refractivity contribution in [3.63, 3.8) is 0 Å². The normalized spacial score (nSPS) is 14.4. The number of carbonyl (C=O) groups excluding carboxylic acids is 1. The van der Waals surface area contributed by atoms with Gasteiger partial charge < -0.3 is 14.5 Å². The fourth-order valence-electron chi connectivity index (χ4n) is 4.14. The number of rotatable bonds is 6. The molecule has 0 saturated carbocycles. The van der Waals surface area contributed by atoms with Gasteiger partial charge in [-0.15, -0.1) is 5.10 Å². The van der Waals surface area contributed by atoms with Gasteiger partial charge in [-0.3, -0.25) is 4.79 Å². The van der Waals surface area contributed by atoms with Gasteiger partial charge in [-0.25, -0.2) is 18.4 Å². The maximum Gasteiger partial charge on any atom is 0.341 e. The molecule has 1 amide bonds. The lowest BCUT2D eigenvalue weighted by Crippen LogP contribution is -2.49. The molecule has 3 heterocycles. The van der Waals surface area contributed by atoms with Crippen LogP contribution in [0.3, 0.4) is 0 Å². The summed E-state index contributed by atoms with van der Waals surface area (Å²) in [6.07, 6.45) is 1.41. The maximum absolute atomic E-state index is 13.1. The van der Waals surface area contributed by atoms with E-state index in [0.29, 0.717) is 35.8 Å². The fraction of sp³-hybridized carbons (Fsp3) is 0.261. The Balaban J connectivity index is 1.36. The van der Waals surface area contributed by atoms with Crippen LogP contribution in [0.15, 0.2) is 59.8 Å². The maximum atomic E-state index is 13.1. The Morgan fingerprint density at radius 2 is 1.70 bits per heavy atom. The average molecular weight is 530 g/mol. The van der Waals surface area contributed by atoms with Crippen molar-refractivity contribution in [3.05, 3.63) is 60.4 Å². The van der Waals surface area contributed by atoms with Gasteiger partial charge in [0.1, 0.15) is 12.1 Å². The van der Waals surface area contributed by atoms with Gasteiger partial charge in [-0.1, -0.05) is 17.3 Å². The number of carbonyl (C=O) groups is 1. The molecule has 37 heavy (non-hydrogen) atoms. The summed E-state index contributed by atoms with van der Waals surface area (Å²) in [5.74, 6) is -3.01. The number of fused-ring (bicyclic) bond motifs is 1. The minimum Gasteiger partial charge on any atom is -0.497 e. The number of hydrogen-bond donors (Lipinski definition) is 0. The highest BCUT2D eigenvalue weighted by Crippen LogP contribution is 2.26. The lowest BCUT2D eigenvalue weighted by atomic mass is 10.2. The number of piperazine rings is 1. The molecule has 11 nitrogen and oxygen atoms in total. The molecule has 0 bridgehead atoms. The Morgan fingerprint density at radius 3 is 2.38 bits per heavy atom. The van der Waals surface area contributed by atoms with Gasteiger partial charge in [0.15, 0.2) is 17.0 Å². The minimum absolute atomic E-state index is 0.222. The van der Waals surface area contributed by atoms with Crippen LogP contribution in [0, 0.1) is 0 Å². The van der Waals surface area contributed by atoms with Crippen molar-refractivity contribution in [2.24, 2.45) is 0 Å². The lowest BCUT2D eigenvalue weighted by molar-refractivity contribution is 0.0742. The fourth-order valence-corrected chi connectivity index (χ4v) is 5.07. The Kier molecular flexibility index (Phi) is 6.41. The monoisotopic (exact) mass is 529 g/mol. The molecule has 0 N–H and O–H groups in total. The molecule has 1 aliphatic heterocycles. The number of hydrogen-bond acceptors (Lipinski definition) is 9. The third-order valence-electron chi connectivity index (χ3n) is 6.06. The highest BCUT2D eigenvalue weighted by Gasteiger charge is 2.33. The molecule has 4 aromatic rings. The zero-order chi connectivity index (χ0) is 26.2.